The van der Waals surface area contributed by atoms with Gasteiger partial charge >= 0.3 is 0 Å². The molecule has 0 fully saturated rings. The molecule has 0 saturated heterocycles. The number of hydrogen-bond acceptors (Lipinski definition) is 7. The molecule has 0 aliphatic heterocycles. The molecule has 69 heavy (non-hydrogen) atoms. The highest BCUT2D eigenvalue weighted by molar-refractivity contribution is 7.25. The van der Waals surface area contributed by atoms with Gasteiger partial charge in [-0.1, -0.05) is 142 Å². The van der Waals surface area contributed by atoms with Gasteiger partial charge in [-0.3, -0.25) is 9.59 Å². The van der Waals surface area contributed by atoms with Crippen LogP contribution in [-0.4, -0.2) is 24.5 Å². The van der Waals surface area contributed by atoms with Crippen LogP contribution in [0.3, 0.4) is 0 Å². The Kier molecular flexibility index (Phi) is 17.7. The molecule has 0 spiro atoms. The number of fused-ring (bicyclic) bond motifs is 4. The number of pyridine rings is 1. The highest BCUT2D eigenvalue weighted by Crippen LogP contribution is 2.61. The van der Waals surface area contributed by atoms with Crippen LogP contribution in [0.1, 0.15) is 165 Å². The number of aldehydes is 1. The minimum Gasteiger partial charge on any atom is -0.494 e. The van der Waals surface area contributed by atoms with Crippen LogP contribution in [0, 0.1) is 0 Å². The fourth-order valence-corrected chi connectivity index (χ4v) is 12.8. The van der Waals surface area contributed by atoms with Gasteiger partial charge in [0.25, 0.3) is 5.56 Å². The summed E-state index contributed by atoms with van der Waals surface area (Å²) in [6.07, 6.45) is 22.2. The lowest BCUT2D eigenvalue weighted by Gasteiger charge is -2.31. The van der Waals surface area contributed by atoms with Gasteiger partial charge in [0.05, 0.1) is 18.8 Å². The van der Waals surface area contributed by atoms with Crippen LogP contribution in [0.4, 0.5) is 17.1 Å². The molecule has 1 aliphatic carbocycles. The SMILES string of the molecule is CCCCCCOc1ccc(N(c2ccc(OCCCCCC)cc2)c2ccc(-c3cc4c(s3)-c3sc(-c5ccc6cc(C=O)c(=O)[nH]c6c5)cc3C4(CCCCCC)CCCCCC)cc2)cc1. The van der Waals surface area contributed by atoms with Crippen molar-refractivity contribution in [1.29, 1.82) is 0 Å². The number of nitrogens with one attached hydrogen (secondary N) is 1. The first-order valence-corrected chi connectivity index (χ1v) is 27.8. The lowest BCUT2D eigenvalue weighted by molar-refractivity contribution is 0.112. The van der Waals surface area contributed by atoms with E-state index in [-0.39, 0.29) is 16.5 Å². The number of ether oxygens (including phenoxy) is 2. The zero-order valence-corrected chi connectivity index (χ0v) is 43.1. The number of anilines is 3. The van der Waals surface area contributed by atoms with Gasteiger partial charge in [-0.2, -0.15) is 0 Å². The quantitative estimate of drug-likeness (QED) is 0.0391. The molecule has 0 saturated carbocycles. The maximum Gasteiger partial charge on any atom is 0.259 e. The Morgan fingerprint density at radius 2 is 0.971 bits per heavy atom. The van der Waals surface area contributed by atoms with E-state index < -0.39 is 0 Å². The number of aromatic nitrogens is 1. The van der Waals surface area contributed by atoms with E-state index in [0.717, 1.165) is 83.9 Å². The van der Waals surface area contributed by atoms with Crippen molar-refractivity contribution in [3.05, 3.63) is 136 Å². The normalized spacial score (nSPS) is 12.6. The van der Waals surface area contributed by atoms with Crippen molar-refractivity contribution in [2.45, 2.75) is 149 Å². The molecule has 4 aromatic carbocycles. The summed E-state index contributed by atoms with van der Waals surface area (Å²) >= 11 is 3.84. The maximum absolute atomic E-state index is 12.7. The monoisotopic (exact) mass is 960 g/mol. The fraction of sp³-hybridized carbons (Fsp3) is 0.410. The predicted octanol–water partition coefficient (Wildman–Crippen LogP) is 18.4. The summed E-state index contributed by atoms with van der Waals surface area (Å²) in [4.78, 5) is 34.9. The third-order valence-electron chi connectivity index (χ3n) is 14.0. The van der Waals surface area contributed by atoms with Gasteiger partial charge in [-0.15, -0.1) is 22.7 Å². The zero-order valence-electron chi connectivity index (χ0n) is 41.5. The first kappa shape index (κ1) is 50.0. The molecule has 0 unspecified atom stereocenters. The number of nitrogens with zero attached hydrogens (tertiary/aromatic N) is 1. The lowest BCUT2D eigenvalue weighted by Crippen LogP contribution is -2.25. The molecule has 3 aromatic heterocycles. The smallest absolute Gasteiger partial charge is 0.259 e. The number of carbonyl (C=O) groups is 1. The van der Waals surface area contributed by atoms with Crippen molar-refractivity contribution in [3.63, 3.8) is 0 Å². The highest BCUT2D eigenvalue weighted by atomic mass is 32.1. The van der Waals surface area contributed by atoms with E-state index in [1.54, 1.807) is 6.07 Å². The van der Waals surface area contributed by atoms with Crippen LogP contribution in [0.5, 0.6) is 11.5 Å². The summed E-state index contributed by atoms with van der Waals surface area (Å²) < 4.78 is 12.3. The third-order valence-corrected chi connectivity index (χ3v) is 16.6. The van der Waals surface area contributed by atoms with Gasteiger partial charge in [0.1, 0.15) is 11.5 Å². The average Bonchev–Trinajstić information content (AvgIpc) is 4.08. The van der Waals surface area contributed by atoms with E-state index in [0.29, 0.717) is 6.29 Å². The molecule has 8 heteroatoms. The maximum atomic E-state index is 12.7. The number of H-pyrrole nitrogens is 1. The lowest BCUT2D eigenvalue weighted by atomic mass is 9.71. The van der Waals surface area contributed by atoms with Gasteiger partial charge < -0.3 is 19.4 Å². The molecule has 0 atom stereocenters. The van der Waals surface area contributed by atoms with E-state index in [9.17, 15) is 9.59 Å². The van der Waals surface area contributed by atoms with E-state index in [4.69, 9.17) is 9.47 Å². The molecule has 0 radical (unpaired) electrons. The molecule has 362 valence electrons. The minimum atomic E-state index is -0.349. The number of thiophene rings is 2. The number of carbonyl (C=O) groups excluding carboxylic acids is 1. The van der Waals surface area contributed by atoms with Crippen molar-refractivity contribution in [2.75, 3.05) is 18.1 Å². The van der Waals surface area contributed by atoms with Gasteiger partial charge in [0.15, 0.2) is 6.29 Å². The second kappa shape index (κ2) is 24.4. The van der Waals surface area contributed by atoms with Crippen molar-refractivity contribution >= 4 is 56.9 Å². The van der Waals surface area contributed by atoms with Crippen molar-refractivity contribution in [1.82, 2.24) is 4.98 Å². The molecular weight excluding hydrogens is 889 g/mol. The summed E-state index contributed by atoms with van der Waals surface area (Å²) in [7, 11) is 0. The molecule has 8 rings (SSSR count). The standard InChI is InChI=1S/C61H72N2O4S2/c1-5-9-13-17-35-61(36-18-14-10-6-2)53-41-56(68-58(53)59-54(61)42-57(69-59)46-22-21-45-39-47(43-64)60(65)62-55(45)40-46)44-23-25-48(26-24-44)63(49-27-31-51(32-28-49)66-37-19-15-11-7-3)50-29-33-52(34-30-50)67-38-20-16-12-8-4/h21-34,39-43H,5-20,35-38H2,1-4H3,(H,62,65). The van der Waals surface area contributed by atoms with Crippen molar-refractivity contribution in [3.8, 4) is 42.1 Å². The van der Waals surface area contributed by atoms with E-state index in [2.05, 4.69) is 135 Å². The Morgan fingerprint density at radius 1 is 0.522 bits per heavy atom. The summed E-state index contributed by atoms with van der Waals surface area (Å²) in [5, 5.41) is 0.858. The summed E-state index contributed by atoms with van der Waals surface area (Å²) in [5.74, 6) is 1.80. The van der Waals surface area contributed by atoms with E-state index >= 15 is 0 Å². The van der Waals surface area contributed by atoms with Crippen molar-refractivity contribution < 1.29 is 14.3 Å². The molecular formula is C61H72N2O4S2. The number of aromatic amines is 1. The molecule has 0 bridgehead atoms. The Hall–Kier alpha value is -5.44. The highest BCUT2D eigenvalue weighted by Gasteiger charge is 2.45. The topological polar surface area (TPSA) is 71.6 Å². The molecule has 6 nitrogen and oxygen atoms in total. The third kappa shape index (κ3) is 11.8. The Bertz CT molecular complexity index is 2710. The average molecular weight is 961 g/mol. The number of unbranched alkanes of at least 4 members (excludes halogenated alkanes) is 12. The Morgan fingerprint density at radius 3 is 1.45 bits per heavy atom. The van der Waals surface area contributed by atoms with E-state index in [1.807, 2.05) is 28.7 Å². The first-order valence-electron chi connectivity index (χ1n) is 26.2. The molecule has 1 aliphatic rings. The second-order valence-corrected chi connectivity index (χ2v) is 21.2. The Labute approximate surface area is 419 Å². The molecule has 7 aromatic rings. The number of hydrogen-bond donors (Lipinski definition) is 1. The van der Waals surface area contributed by atoms with Crippen LogP contribution in [0.2, 0.25) is 0 Å². The molecule has 0 amide bonds. The zero-order chi connectivity index (χ0) is 48.0. The minimum absolute atomic E-state index is 0.0484. The summed E-state index contributed by atoms with van der Waals surface area (Å²) in [5.41, 5.74) is 9.07. The van der Waals surface area contributed by atoms with Crippen LogP contribution in [0.25, 0.3) is 41.5 Å². The van der Waals surface area contributed by atoms with Gasteiger partial charge in [-0.25, -0.2) is 0 Å². The fourth-order valence-electron chi connectivity index (χ4n) is 10.1. The second-order valence-electron chi connectivity index (χ2n) is 19.1. The van der Waals surface area contributed by atoms with Crippen LogP contribution in [0.15, 0.2) is 114 Å². The Balaban J connectivity index is 1.13. The number of rotatable bonds is 28. The van der Waals surface area contributed by atoms with Crippen LogP contribution >= 0.6 is 22.7 Å². The molecule has 3 heterocycles. The van der Waals surface area contributed by atoms with E-state index in [1.165, 1.54) is 126 Å². The van der Waals surface area contributed by atoms with Gasteiger partial charge in [0.2, 0.25) is 0 Å². The molecule has 1 N–H and O–H groups in total. The first-order chi connectivity index (χ1) is 33.9. The van der Waals surface area contributed by atoms with Gasteiger partial charge in [0, 0.05) is 47.5 Å². The largest absolute Gasteiger partial charge is 0.494 e. The summed E-state index contributed by atoms with van der Waals surface area (Å²) in [6.45, 7) is 10.6. The van der Waals surface area contributed by atoms with Crippen LogP contribution in [-0.2, 0) is 5.41 Å². The van der Waals surface area contributed by atoms with Crippen molar-refractivity contribution in [2.24, 2.45) is 0 Å². The number of benzene rings is 4. The van der Waals surface area contributed by atoms with Gasteiger partial charge in [-0.05, 0) is 138 Å². The van der Waals surface area contributed by atoms with Crippen LogP contribution < -0.4 is 19.9 Å². The predicted molar refractivity (Wildman–Crippen MR) is 294 cm³/mol. The summed E-state index contributed by atoms with van der Waals surface area (Å²) in [6, 6.07) is 39.2.